The molecule has 6 heteroatoms. The summed E-state index contributed by atoms with van der Waals surface area (Å²) in [5.41, 5.74) is 1.98. The van der Waals surface area contributed by atoms with Gasteiger partial charge in [0.05, 0.1) is 11.8 Å². The maximum Gasteiger partial charge on any atom is 0.146 e. The Labute approximate surface area is 143 Å². The van der Waals surface area contributed by atoms with Crippen molar-refractivity contribution in [2.75, 3.05) is 37.6 Å². The van der Waals surface area contributed by atoms with Crippen LogP contribution in [0.5, 0.6) is 0 Å². The fourth-order valence-corrected chi connectivity index (χ4v) is 3.25. The summed E-state index contributed by atoms with van der Waals surface area (Å²) < 4.78 is 1.86. The van der Waals surface area contributed by atoms with E-state index in [1.54, 1.807) is 6.20 Å². The van der Waals surface area contributed by atoms with Crippen molar-refractivity contribution in [2.45, 2.75) is 19.3 Å². The molecule has 0 amide bonds. The van der Waals surface area contributed by atoms with Crippen molar-refractivity contribution in [3.05, 3.63) is 41.9 Å². The predicted molar refractivity (Wildman–Crippen MR) is 93.8 cm³/mol. The molecule has 0 N–H and O–H groups in total. The molecule has 3 rings (SSSR count). The van der Waals surface area contributed by atoms with Crippen molar-refractivity contribution in [3.63, 3.8) is 0 Å². The Morgan fingerprint density at radius 2 is 2.17 bits per heavy atom. The minimum Gasteiger partial charge on any atom is -0.354 e. The molecular formula is C18H24N6. The standard InChI is InChI=1S/C18H24N6/c1-22-15-16(14-21-22)5-3-8-23-9-4-10-24(12-11-23)18-17(13-19)6-2-7-20-18/h2,6-7,14-15H,3-5,8-12H2,1H3. The molecule has 24 heavy (non-hydrogen) atoms. The molecule has 1 aliphatic heterocycles. The van der Waals surface area contributed by atoms with Crippen LogP contribution < -0.4 is 4.90 Å². The average Bonchev–Trinajstić information content (AvgIpc) is 2.88. The monoisotopic (exact) mass is 324 g/mol. The molecule has 6 nitrogen and oxygen atoms in total. The zero-order valence-corrected chi connectivity index (χ0v) is 14.2. The topological polar surface area (TPSA) is 61.0 Å². The molecule has 1 saturated heterocycles. The first kappa shape index (κ1) is 16.5. The van der Waals surface area contributed by atoms with E-state index in [4.69, 9.17) is 0 Å². The smallest absolute Gasteiger partial charge is 0.146 e. The predicted octanol–water partition coefficient (Wildman–Crippen LogP) is 1.83. The van der Waals surface area contributed by atoms with E-state index in [2.05, 4.69) is 32.1 Å². The second-order valence-electron chi connectivity index (χ2n) is 6.29. The number of nitrogens with zero attached hydrogens (tertiary/aromatic N) is 6. The van der Waals surface area contributed by atoms with Gasteiger partial charge in [0, 0.05) is 39.1 Å². The Kier molecular flexibility index (Phi) is 5.44. The van der Waals surface area contributed by atoms with Crippen molar-refractivity contribution in [3.8, 4) is 6.07 Å². The van der Waals surface area contributed by atoms with Crippen molar-refractivity contribution >= 4 is 5.82 Å². The lowest BCUT2D eigenvalue weighted by Crippen LogP contribution is -2.32. The van der Waals surface area contributed by atoms with Gasteiger partial charge in [0.1, 0.15) is 11.9 Å². The highest BCUT2D eigenvalue weighted by molar-refractivity contribution is 5.53. The van der Waals surface area contributed by atoms with E-state index in [-0.39, 0.29) is 0 Å². The van der Waals surface area contributed by atoms with Gasteiger partial charge in [-0.2, -0.15) is 10.4 Å². The van der Waals surface area contributed by atoms with Crippen LogP contribution in [0, 0.1) is 11.3 Å². The molecule has 0 spiro atoms. The summed E-state index contributed by atoms with van der Waals surface area (Å²) in [6.07, 6.45) is 9.15. The van der Waals surface area contributed by atoms with E-state index in [0.29, 0.717) is 5.56 Å². The zero-order chi connectivity index (χ0) is 16.8. The molecule has 3 heterocycles. The summed E-state index contributed by atoms with van der Waals surface area (Å²) in [6.45, 7) is 5.13. The van der Waals surface area contributed by atoms with Crippen LogP contribution in [0.25, 0.3) is 0 Å². The van der Waals surface area contributed by atoms with Crippen molar-refractivity contribution in [2.24, 2.45) is 7.05 Å². The first-order chi connectivity index (χ1) is 11.8. The lowest BCUT2D eigenvalue weighted by molar-refractivity contribution is 0.290. The van der Waals surface area contributed by atoms with Gasteiger partial charge in [-0.25, -0.2) is 4.98 Å². The van der Waals surface area contributed by atoms with Crippen LogP contribution in [0.3, 0.4) is 0 Å². The van der Waals surface area contributed by atoms with E-state index in [9.17, 15) is 5.26 Å². The highest BCUT2D eigenvalue weighted by Crippen LogP contribution is 2.18. The largest absolute Gasteiger partial charge is 0.354 e. The Bertz CT molecular complexity index is 702. The maximum atomic E-state index is 9.26. The third kappa shape index (κ3) is 4.12. The van der Waals surface area contributed by atoms with E-state index in [1.165, 1.54) is 5.56 Å². The van der Waals surface area contributed by atoms with Gasteiger partial charge < -0.3 is 9.80 Å². The number of aryl methyl sites for hydroxylation is 2. The SMILES string of the molecule is Cn1cc(CCCN2CCCN(c3ncccc3C#N)CC2)cn1. The molecule has 2 aromatic rings. The Hall–Kier alpha value is -2.39. The molecule has 0 aliphatic carbocycles. The lowest BCUT2D eigenvalue weighted by Gasteiger charge is -2.23. The summed E-state index contributed by atoms with van der Waals surface area (Å²) in [4.78, 5) is 9.19. The third-order valence-electron chi connectivity index (χ3n) is 4.49. The third-order valence-corrected chi connectivity index (χ3v) is 4.49. The normalized spacial score (nSPS) is 15.9. The molecule has 126 valence electrons. The van der Waals surface area contributed by atoms with Gasteiger partial charge in [-0.05, 0) is 50.0 Å². The van der Waals surface area contributed by atoms with Crippen molar-refractivity contribution in [1.29, 1.82) is 5.26 Å². The first-order valence-electron chi connectivity index (χ1n) is 8.56. The summed E-state index contributed by atoms with van der Waals surface area (Å²) in [7, 11) is 1.96. The van der Waals surface area contributed by atoms with Crippen LogP contribution in [-0.2, 0) is 13.5 Å². The van der Waals surface area contributed by atoms with Crippen LogP contribution in [0.4, 0.5) is 5.82 Å². The highest BCUT2D eigenvalue weighted by Gasteiger charge is 2.18. The molecule has 1 fully saturated rings. The van der Waals surface area contributed by atoms with E-state index in [0.717, 1.165) is 57.8 Å². The molecule has 0 aromatic carbocycles. The molecule has 0 atom stereocenters. The molecule has 0 radical (unpaired) electrons. The second-order valence-corrected chi connectivity index (χ2v) is 6.29. The van der Waals surface area contributed by atoms with Gasteiger partial charge in [-0.3, -0.25) is 4.68 Å². The van der Waals surface area contributed by atoms with Gasteiger partial charge in [0.2, 0.25) is 0 Å². The molecule has 0 unspecified atom stereocenters. The number of pyridine rings is 1. The molecule has 1 aliphatic rings. The summed E-state index contributed by atoms with van der Waals surface area (Å²) >= 11 is 0. The van der Waals surface area contributed by atoms with Gasteiger partial charge in [0.25, 0.3) is 0 Å². The molecule has 0 bridgehead atoms. The van der Waals surface area contributed by atoms with E-state index < -0.39 is 0 Å². The number of hydrogen-bond acceptors (Lipinski definition) is 5. The first-order valence-corrected chi connectivity index (χ1v) is 8.56. The minimum absolute atomic E-state index is 0.669. The van der Waals surface area contributed by atoms with Crippen molar-refractivity contribution < 1.29 is 0 Å². The zero-order valence-electron chi connectivity index (χ0n) is 14.2. The van der Waals surface area contributed by atoms with Gasteiger partial charge in [0.15, 0.2) is 0 Å². The Morgan fingerprint density at radius 3 is 2.96 bits per heavy atom. The van der Waals surface area contributed by atoms with Gasteiger partial charge in [-0.15, -0.1) is 0 Å². The summed E-state index contributed by atoms with van der Waals surface area (Å²) in [5, 5.41) is 13.5. The fourth-order valence-electron chi connectivity index (χ4n) is 3.25. The number of nitriles is 1. The number of hydrogen-bond donors (Lipinski definition) is 0. The second kappa shape index (κ2) is 7.93. The minimum atomic E-state index is 0.669. The van der Waals surface area contributed by atoms with Crippen LogP contribution in [0.1, 0.15) is 24.0 Å². The summed E-state index contributed by atoms with van der Waals surface area (Å²) in [6, 6.07) is 5.92. The van der Waals surface area contributed by atoms with Crippen LogP contribution >= 0.6 is 0 Å². The van der Waals surface area contributed by atoms with Crippen molar-refractivity contribution in [1.82, 2.24) is 19.7 Å². The molecule has 0 saturated carbocycles. The number of rotatable bonds is 5. The fraction of sp³-hybridized carbons (Fsp3) is 0.500. The average molecular weight is 324 g/mol. The van der Waals surface area contributed by atoms with E-state index in [1.807, 2.05) is 30.1 Å². The van der Waals surface area contributed by atoms with Gasteiger partial charge in [-0.1, -0.05) is 0 Å². The maximum absolute atomic E-state index is 9.26. The lowest BCUT2D eigenvalue weighted by atomic mass is 10.2. The van der Waals surface area contributed by atoms with Crippen LogP contribution in [0.15, 0.2) is 30.7 Å². The Balaban J connectivity index is 1.51. The molecular weight excluding hydrogens is 300 g/mol. The summed E-state index contributed by atoms with van der Waals surface area (Å²) in [5.74, 6) is 0.831. The van der Waals surface area contributed by atoms with E-state index >= 15 is 0 Å². The van der Waals surface area contributed by atoms with Crippen LogP contribution in [0.2, 0.25) is 0 Å². The highest BCUT2D eigenvalue weighted by atomic mass is 15.2. The van der Waals surface area contributed by atoms with Gasteiger partial charge >= 0.3 is 0 Å². The number of aromatic nitrogens is 3. The quantitative estimate of drug-likeness (QED) is 0.840. The Morgan fingerprint density at radius 1 is 1.25 bits per heavy atom. The number of anilines is 1. The molecule has 2 aromatic heterocycles. The van der Waals surface area contributed by atoms with Crippen LogP contribution in [-0.4, -0.2) is 52.4 Å².